The standard InChI is InChI=1S/C17H22N2O/c1-5-18-17(14-8-6-7-9-15(14)20-4)16-13(3)10-12(2)11-19-16/h6-11,17-18H,5H2,1-4H3. The van der Waals surface area contributed by atoms with Gasteiger partial charge < -0.3 is 10.1 Å². The summed E-state index contributed by atoms with van der Waals surface area (Å²) in [7, 11) is 1.71. The SMILES string of the molecule is CCNC(c1ccccc1OC)c1ncc(C)cc1C. The van der Waals surface area contributed by atoms with Gasteiger partial charge in [0.05, 0.1) is 18.8 Å². The Labute approximate surface area is 121 Å². The molecular weight excluding hydrogens is 248 g/mol. The predicted molar refractivity (Wildman–Crippen MR) is 82.2 cm³/mol. The summed E-state index contributed by atoms with van der Waals surface area (Å²) in [4.78, 5) is 4.63. The highest BCUT2D eigenvalue weighted by atomic mass is 16.5. The van der Waals surface area contributed by atoms with E-state index in [2.05, 4.69) is 43.2 Å². The van der Waals surface area contributed by atoms with Gasteiger partial charge in [-0.3, -0.25) is 4.98 Å². The van der Waals surface area contributed by atoms with Gasteiger partial charge >= 0.3 is 0 Å². The van der Waals surface area contributed by atoms with Crippen molar-refractivity contribution >= 4 is 0 Å². The Hall–Kier alpha value is -1.87. The van der Waals surface area contributed by atoms with Crippen molar-refractivity contribution < 1.29 is 4.74 Å². The number of benzene rings is 1. The molecular formula is C17H22N2O. The summed E-state index contributed by atoms with van der Waals surface area (Å²) >= 11 is 0. The minimum absolute atomic E-state index is 0.0525. The Morgan fingerprint density at radius 2 is 2.00 bits per heavy atom. The number of rotatable bonds is 5. The first-order chi connectivity index (χ1) is 9.67. The second kappa shape index (κ2) is 6.53. The molecule has 0 aliphatic rings. The summed E-state index contributed by atoms with van der Waals surface area (Å²) in [5.41, 5.74) is 4.56. The van der Waals surface area contributed by atoms with Gasteiger partial charge in [-0.25, -0.2) is 0 Å². The van der Waals surface area contributed by atoms with Crippen LogP contribution in [0, 0.1) is 13.8 Å². The Morgan fingerprint density at radius 3 is 2.65 bits per heavy atom. The first-order valence-electron chi connectivity index (χ1n) is 6.96. The van der Waals surface area contributed by atoms with Crippen LogP contribution in [0.4, 0.5) is 0 Å². The van der Waals surface area contributed by atoms with E-state index in [9.17, 15) is 0 Å². The molecule has 0 saturated heterocycles. The summed E-state index contributed by atoms with van der Waals surface area (Å²) in [6, 6.07) is 10.3. The fourth-order valence-electron chi connectivity index (χ4n) is 2.49. The number of methoxy groups -OCH3 is 1. The van der Waals surface area contributed by atoms with E-state index < -0.39 is 0 Å². The van der Waals surface area contributed by atoms with Crippen molar-refractivity contribution in [3.05, 3.63) is 58.9 Å². The smallest absolute Gasteiger partial charge is 0.124 e. The zero-order chi connectivity index (χ0) is 14.5. The number of nitrogens with zero attached hydrogens (tertiary/aromatic N) is 1. The molecule has 0 aliphatic carbocycles. The van der Waals surface area contributed by atoms with Crippen molar-refractivity contribution in [2.24, 2.45) is 0 Å². The average Bonchev–Trinajstić information content (AvgIpc) is 2.45. The molecule has 0 amide bonds. The lowest BCUT2D eigenvalue weighted by Crippen LogP contribution is -2.24. The van der Waals surface area contributed by atoms with Crippen LogP contribution in [0.25, 0.3) is 0 Å². The van der Waals surface area contributed by atoms with Crippen molar-refractivity contribution in [2.75, 3.05) is 13.7 Å². The van der Waals surface area contributed by atoms with Crippen molar-refractivity contribution in [1.29, 1.82) is 0 Å². The number of hydrogen-bond donors (Lipinski definition) is 1. The van der Waals surface area contributed by atoms with Crippen LogP contribution in [0.3, 0.4) is 0 Å². The topological polar surface area (TPSA) is 34.1 Å². The second-order valence-electron chi connectivity index (χ2n) is 4.95. The van der Waals surface area contributed by atoms with Gasteiger partial charge in [0.25, 0.3) is 0 Å². The maximum Gasteiger partial charge on any atom is 0.124 e. The number of para-hydroxylation sites is 1. The fraction of sp³-hybridized carbons (Fsp3) is 0.353. The van der Waals surface area contributed by atoms with E-state index in [1.165, 1.54) is 11.1 Å². The quantitative estimate of drug-likeness (QED) is 0.904. The Kier molecular flexibility index (Phi) is 4.74. The molecule has 0 radical (unpaired) electrons. The molecule has 0 fully saturated rings. The molecule has 1 unspecified atom stereocenters. The zero-order valence-electron chi connectivity index (χ0n) is 12.6. The van der Waals surface area contributed by atoms with Gasteiger partial charge in [-0.05, 0) is 37.6 Å². The molecule has 0 bridgehead atoms. The third-order valence-corrected chi connectivity index (χ3v) is 3.39. The van der Waals surface area contributed by atoms with E-state index in [1.807, 2.05) is 24.4 Å². The van der Waals surface area contributed by atoms with Gasteiger partial charge in [0, 0.05) is 11.8 Å². The molecule has 0 aliphatic heterocycles. The van der Waals surface area contributed by atoms with Crippen LogP contribution in [0.5, 0.6) is 5.75 Å². The van der Waals surface area contributed by atoms with E-state index in [0.717, 1.165) is 23.6 Å². The highest BCUT2D eigenvalue weighted by Gasteiger charge is 2.20. The Morgan fingerprint density at radius 1 is 1.25 bits per heavy atom. The molecule has 0 saturated carbocycles. The van der Waals surface area contributed by atoms with Gasteiger partial charge in [0.15, 0.2) is 0 Å². The van der Waals surface area contributed by atoms with Crippen molar-refractivity contribution in [1.82, 2.24) is 10.3 Å². The van der Waals surface area contributed by atoms with Gasteiger partial charge in [0.1, 0.15) is 5.75 Å². The van der Waals surface area contributed by atoms with Crippen molar-refractivity contribution in [2.45, 2.75) is 26.8 Å². The van der Waals surface area contributed by atoms with E-state index in [1.54, 1.807) is 7.11 Å². The molecule has 1 heterocycles. The van der Waals surface area contributed by atoms with Crippen LogP contribution >= 0.6 is 0 Å². The summed E-state index contributed by atoms with van der Waals surface area (Å²) in [5.74, 6) is 0.889. The molecule has 0 spiro atoms. The predicted octanol–water partition coefficient (Wildman–Crippen LogP) is 3.41. The number of aromatic nitrogens is 1. The highest BCUT2D eigenvalue weighted by molar-refractivity contribution is 5.42. The minimum Gasteiger partial charge on any atom is -0.496 e. The lowest BCUT2D eigenvalue weighted by Gasteiger charge is -2.22. The third kappa shape index (κ3) is 2.99. The molecule has 2 rings (SSSR count). The summed E-state index contributed by atoms with van der Waals surface area (Å²) in [6.45, 7) is 7.15. The molecule has 3 nitrogen and oxygen atoms in total. The largest absolute Gasteiger partial charge is 0.496 e. The van der Waals surface area contributed by atoms with E-state index in [4.69, 9.17) is 4.74 Å². The van der Waals surface area contributed by atoms with E-state index in [-0.39, 0.29) is 6.04 Å². The molecule has 1 aromatic carbocycles. The molecule has 1 aromatic heterocycles. The van der Waals surface area contributed by atoms with Crippen molar-refractivity contribution in [3.63, 3.8) is 0 Å². The maximum absolute atomic E-state index is 5.49. The average molecular weight is 270 g/mol. The first kappa shape index (κ1) is 14.5. The molecule has 1 atom stereocenters. The fourth-order valence-corrected chi connectivity index (χ4v) is 2.49. The van der Waals surface area contributed by atoms with Crippen LogP contribution in [0.2, 0.25) is 0 Å². The van der Waals surface area contributed by atoms with Gasteiger partial charge in [-0.2, -0.15) is 0 Å². The van der Waals surface area contributed by atoms with E-state index >= 15 is 0 Å². The zero-order valence-corrected chi connectivity index (χ0v) is 12.6. The molecule has 3 heteroatoms. The second-order valence-corrected chi connectivity index (χ2v) is 4.95. The van der Waals surface area contributed by atoms with Crippen LogP contribution in [0.1, 0.15) is 35.3 Å². The Balaban J connectivity index is 2.50. The maximum atomic E-state index is 5.49. The summed E-state index contributed by atoms with van der Waals surface area (Å²) in [6.07, 6.45) is 1.92. The lowest BCUT2D eigenvalue weighted by molar-refractivity contribution is 0.403. The number of hydrogen-bond acceptors (Lipinski definition) is 3. The molecule has 1 N–H and O–H groups in total. The molecule has 2 aromatic rings. The number of ether oxygens (including phenoxy) is 1. The van der Waals surface area contributed by atoms with Crippen molar-refractivity contribution in [3.8, 4) is 5.75 Å². The monoisotopic (exact) mass is 270 g/mol. The van der Waals surface area contributed by atoms with Crippen LogP contribution in [-0.4, -0.2) is 18.6 Å². The number of aryl methyl sites for hydroxylation is 2. The summed E-state index contributed by atoms with van der Waals surface area (Å²) in [5, 5.41) is 3.51. The minimum atomic E-state index is 0.0525. The van der Waals surface area contributed by atoms with Crippen LogP contribution in [-0.2, 0) is 0 Å². The third-order valence-electron chi connectivity index (χ3n) is 3.39. The highest BCUT2D eigenvalue weighted by Crippen LogP contribution is 2.30. The number of nitrogens with one attached hydrogen (secondary N) is 1. The molecule has 20 heavy (non-hydrogen) atoms. The van der Waals surface area contributed by atoms with Gasteiger partial charge in [-0.15, -0.1) is 0 Å². The van der Waals surface area contributed by atoms with Gasteiger partial charge in [0.2, 0.25) is 0 Å². The normalized spacial score (nSPS) is 12.2. The van der Waals surface area contributed by atoms with Crippen LogP contribution in [0.15, 0.2) is 36.5 Å². The summed E-state index contributed by atoms with van der Waals surface area (Å²) < 4.78 is 5.49. The van der Waals surface area contributed by atoms with E-state index in [0.29, 0.717) is 0 Å². The lowest BCUT2D eigenvalue weighted by atomic mass is 9.98. The van der Waals surface area contributed by atoms with Crippen LogP contribution < -0.4 is 10.1 Å². The number of pyridine rings is 1. The first-order valence-corrected chi connectivity index (χ1v) is 6.96. The Bertz CT molecular complexity index is 581. The molecule has 106 valence electrons. The van der Waals surface area contributed by atoms with Gasteiger partial charge in [-0.1, -0.05) is 31.2 Å².